The number of nitrogens with two attached hydrogens (primary N) is 1. The Bertz CT molecular complexity index is 1570. The molecule has 5 rings (SSSR count). The van der Waals surface area contributed by atoms with E-state index in [4.69, 9.17) is 10.5 Å². The molecule has 0 saturated heterocycles. The Hall–Kier alpha value is -4.04. The van der Waals surface area contributed by atoms with Gasteiger partial charge in [0.1, 0.15) is 12.4 Å². The molecular weight excluding hydrogens is 510 g/mol. The van der Waals surface area contributed by atoms with E-state index in [1.54, 1.807) is 0 Å². The van der Waals surface area contributed by atoms with Gasteiger partial charge in [0.2, 0.25) is 0 Å². The first-order chi connectivity index (χ1) is 20.5. The Morgan fingerprint density at radius 3 is 2.26 bits per heavy atom. The quantitative estimate of drug-likeness (QED) is 0.148. The van der Waals surface area contributed by atoms with Gasteiger partial charge < -0.3 is 10.5 Å². The first-order valence-electron chi connectivity index (χ1n) is 15.7. The number of rotatable bonds is 11. The molecule has 2 heteroatoms. The number of ether oxygens (including phenoxy) is 1. The molecule has 0 saturated carbocycles. The maximum atomic E-state index is 6.98. The molecule has 2 N–H and O–H groups in total. The highest BCUT2D eigenvalue weighted by Gasteiger charge is 2.33. The summed E-state index contributed by atoms with van der Waals surface area (Å²) in [4.78, 5) is 0. The van der Waals surface area contributed by atoms with Gasteiger partial charge in [0.25, 0.3) is 0 Å². The molecule has 0 bridgehead atoms. The molecule has 0 aliphatic heterocycles. The maximum absolute atomic E-state index is 6.98. The lowest BCUT2D eigenvalue weighted by atomic mass is 9.71. The van der Waals surface area contributed by atoms with Gasteiger partial charge in [0, 0.05) is 11.3 Å². The van der Waals surface area contributed by atoms with Crippen molar-refractivity contribution in [2.75, 3.05) is 0 Å². The Kier molecular flexibility index (Phi) is 9.64. The smallest absolute Gasteiger partial charge is 0.125 e. The van der Waals surface area contributed by atoms with Crippen LogP contribution in [0.5, 0.6) is 0 Å². The molecule has 0 amide bonds. The van der Waals surface area contributed by atoms with Crippen molar-refractivity contribution in [3.05, 3.63) is 148 Å². The summed E-state index contributed by atoms with van der Waals surface area (Å²) in [5, 5.41) is 2.62. The molecule has 0 radical (unpaired) electrons. The molecule has 1 aliphatic carbocycles. The zero-order valence-electron chi connectivity index (χ0n) is 25.5. The topological polar surface area (TPSA) is 35.2 Å². The first kappa shape index (κ1) is 29.5. The molecule has 42 heavy (non-hydrogen) atoms. The predicted molar refractivity (Wildman–Crippen MR) is 179 cm³/mol. The summed E-state index contributed by atoms with van der Waals surface area (Å²) < 4.78 is 6.79. The third kappa shape index (κ3) is 6.23. The van der Waals surface area contributed by atoms with E-state index < -0.39 is 0 Å². The molecule has 0 aromatic heterocycles. The van der Waals surface area contributed by atoms with Crippen LogP contribution in [0.4, 0.5) is 0 Å². The molecule has 2 nitrogen and oxygen atoms in total. The van der Waals surface area contributed by atoms with Crippen LogP contribution in [0.25, 0.3) is 16.3 Å². The monoisotopic (exact) mass is 555 g/mol. The normalized spacial score (nSPS) is 16.5. The zero-order valence-corrected chi connectivity index (χ0v) is 25.5. The summed E-state index contributed by atoms with van der Waals surface area (Å²) in [6, 6.07) is 32.5. The van der Waals surface area contributed by atoms with E-state index in [1.165, 1.54) is 38.6 Å². The fourth-order valence-electron chi connectivity index (χ4n) is 6.89. The summed E-state index contributed by atoms with van der Waals surface area (Å²) in [6.45, 7) is 11.9. The summed E-state index contributed by atoms with van der Waals surface area (Å²) >= 11 is 0. The molecule has 4 aromatic carbocycles. The van der Waals surface area contributed by atoms with Crippen LogP contribution >= 0.6 is 0 Å². The second-order valence-corrected chi connectivity index (χ2v) is 11.5. The Morgan fingerprint density at radius 2 is 1.55 bits per heavy atom. The van der Waals surface area contributed by atoms with E-state index in [0.717, 1.165) is 61.1 Å². The Morgan fingerprint density at radius 1 is 0.881 bits per heavy atom. The SMILES string of the molecule is C=C(/C=C(/OCc1ccccc1)C1=C(N)CCCC1C(CC)c1cccc2ccccc12)c1c(CC)cccc1CC. The minimum absolute atomic E-state index is 0.261. The van der Waals surface area contributed by atoms with Crippen LogP contribution < -0.4 is 5.73 Å². The molecule has 2 unspecified atom stereocenters. The molecular formula is C40H45NO. The second-order valence-electron chi connectivity index (χ2n) is 11.5. The van der Waals surface area contributed by atoms with E-state index in [2.05, 4.69) is 118 Å². The van der Waals surface area contributed by atoms with Crippen LogP contribution in [0.15, 0.2) is 121 Å². The molecule has 216 valence electrons. The van der Waals surface area contributed by atoms with Gasteiger partial charge in [-0.15, -0.1) is 0 Å². The van der Waals surface area contributed by atoms with E-state index in [0.29, 0.717) is 12.5 Å². The number of hydrogen-bond donors (Lipinski definition) is 1. The van der Waals surface area contributed by atoms with Crippen molar-refractivity contribution < 1.29 is 4.74 Å². The number of fused-ring (bicyclic) bond motifs is 1. The van der Waals surface area contributed by atoms with Gasteiger partial charge in [-0.3, -0.25) is 0 Å². The summed E-state index contributed by atoms with van der Waals surface area (Å²) in [5.74, 6) is 1.46. The molecule has 2 atom stereocenters. The standard InChI is InChI=1S/C40H45NO/c1-5-30-19-13-20-31(6-2)39(30)28(4)26-38(42-27-29-16-9-8-10-17-29)40-36(24-15-25-37(40)41)33(7-3)35-23-14-21-32-18-11-12-22-34(32)35/h8-14,16-23,26,33,36H,4-7,15,24-25,27,41H2,1-3H3/b38-26+. The van der Waals surface area contributed by atoms with E-state index in [1.807, 2.05) is 6.07 Å². The minimum atomic E-state index is 0.261. The lowest BCUT2D eigenvalue weighted by Crippen LogP contribution is -2.25. The van der Waals surface area contributed by atoms with E-state index in [-0.39, 0.29) is 5.92 Å². The van der Waals surface area contributed by atoms with Crippen LogP contribution in [0.1, 0.15) is 80.2 Å². The van der Waals surface area contributed by atoms with Gasteiger partial charge in [-0.2, -0.15) is 0 Å². The first-order valence-corrected chi connectivity index (χ1v) is 15.7. The lowest BCUT2D eigenvalue weighted by molar-refractivity contribution is 0.195. The zero-order chi connectivity index (χ0) is 29.5. The van der Waals surface area contributed by atoms with Crippen molar-refractivity contribution in [3.63, 3.8) is 0 Å². The van der Waals surface area contributed by atoms with Crippen molar-refractivity contribution in [2.45, 2.75) is 71.8 Å². The highest BCUT2D eigenvalue weighted by Crippen LogP contribution is 2.46. The average Bonchev–Trinajstić information content (AvgIpc) is 3.03. The predicted octanol–water partition coefficient (Wildman–Crippen LogP) is 10.3. The van der Waals surface area contributed by atoms with Gasteiger partial charge in [-0.1, -0.05) is 118 Å². The van der Waals surface area contributed by atoms with Crippen molar-refractivity contribution >= 4 is 16.3 Å². The van der Waals surface area contributed by atoms with Gasteiger partial charge in [-0.25, -0.2) is 0 Å². The van der Waals surface area contributed by atoms with Gasteiger partial charge >= 0.3 is 0 Å². The van der Waals surface area contributed by atoms with Gasteiger partial charge in [-0.05, 0) is 101 Å². The third-order valence-corrected chi connectivity index (χ3v) is 8.95. The van der Waals surface area contributed by atoms with Crippen molar-refractivity contribution in [3.8, 4) is 0 Å². The number of benzene rings is 4. The largest absolute Gasteiger partial charge is 0.489 e. The molecule has 1 aliphatic rings. The molecule has 4 aromatic rings. The fraction of sp³-hybridized carbons (Fsp3) is 0.300. The number of hydrogen-bond acceptors (Lipinski definition) is 2. The molecule has 0 spiro atoms. The summed E-state index contributed by atoms with van der Waals surface area (Å²) in [7, 11) is 0. The summed E-state index contributed by atoms with van der Waals surface area (Å²) in [6.07, 6.45) is 8.20. The molecule has 0 heterocycles. The second kappa shape index (κ2) is 13.7. The Labute approximate surface area is 252 Å². The third-order valence-electron chi connectivity index (χ3n) is 8.95. The number of aryl methyl sites for hydroxylation is 2. The minimum Gasteiger partial charge on any atom is -0.489 e. The number of allylic oxidation sites excluding steroid dienone is 4. The van der Waals surface area contributed by atoms with Gasteiger partial charge in [0.05, 0.1) is 0 Å². The van der Waals surface area contributed by atoms with Crippen LogP contribution in [-0.4, -0.2) is 0 Å². The van der Waals surface area contributed by atoms with E-state index >= 15 is 0 Å². The fourth-order valence-corrected chi connectivity index (χ4v) is 6.89. The van der Waals surface area contributed by atoms with Crippen LogP contribution in [0.3, 0.4) is 0 Å². The van der Waals surface area contributed by atoms with E-state index in [9.17, 15) is 0 Å². The van der Waals surface area contributed by atoms with Crippen molar-refractivity contribution in [1.82, 2.24) is 0 Å². The Balaban J connectivity index is 1.62. The average molecular weight is 556 g/mol. The van der Waals surface area contributed by atoms with Gasteiger partial charge in [0.15, 0.2) is 0 Å². The van der Waals surface area contributed by atoms with Crippen LogP contribution in [-0.2, 0) is 24.2 Å². The van der Waals surface area contributed by atoms with Crippen molar-refractivity contribution in [2.24, 2.45) is 11.7 Å². The summed E-state index contributed by atoms with van der Waals surface area (Å²) in [5.41, 5.74) is 16.5. The molecule has 0 fully saturated rings. The van der Waals surface area contributed by atoms with Crippen LogP contribution in [0, 0.1) is 5.92 Å². The lowest BCUT2D eigenvalue weighted by Gasteiger charge is -2.35. The van der Waals surface area contributed by atoms with Crippen LogP contribution in [0.2, 0.25) is 0 Å². The highest BCUT2D eigenvalue weighted by atomic mass is 16.5. The highest BCUT2D eigenvalue weighted by molar-refractivity contribution is 5.86. The van der Waals surface area contributed by atoms with Crippen molar-refractivity contribution in [1.29, 1.82) is 0 Å². The maximum Gasteiger partial charge on any atom is 0.125 e.